The van der Waals surface area contributed by atoms with Crippen LogP contribution in [0.4, 0.5) is 0 Å². The van der Waals surface area contributed by atoms with Crippen molar-refractivity contribution in [1.82, 2.24) is 10.3 Å². The van der Waals surface area contributed by atoms with Gasteiger partial charge in [0.15, 0.2) is 0 Å². The molecule has 0 fully saturated rings. The van der Waals surface area contributed by atoms with E-state index in [1.165, 1.54) is 11.1 Å². The second-order valence-corrected chi connectivity index (χ2v) is 6.58. The van der Waals surface area contributed by atoms with Crippen LogP contribution in [0.2, 0.25) is 0 Å². The molecule has 0 saturated heterocycles. The number of fused-ring (bicyclic) bond motifs is 1. The Balaban J connectivity index is 1.43. The van der Waals surface area contributed by atoms with Gasteiger partial charge in [-0.1, -0.05) is 60.7 Å². The Labute approximate surface area is 158 Å². The van der Waals surface area contributed by atoms with Crippen molar-refractivity contribution >= 4 is 16.8 Å². The number of carbonyl (C=O) groups excluding carboxylic acids is 1. The molecule has 4 rings (SSSR count). The second kappa shape index (κ2) is 7.83. The predicted octanol–water partition coefficient (Wildman–Crippen LogP) is 4.76. The SMILES string of the molecule is O=C(NCc1cccc(Cc2ccccc2)c1)c1ccc2ncccc2c1. The summed E-state index contributed by atoms with van der Waals surface area (Å²) >= 11 is 0. The van der Waals surface area contributed by atoms with Crippen molar-refractivity contribution < 1.29 is 4.79 Å². The number of carbonyl (C=O) groups is 1. The van der Waals surface area contributed by atoms with E-state index in [0.29, 0.717) is 12.1 Å². The molecule has 1 heterocycles. The minimum atomic E-state index is -0.0748. The highest BCUT2D eigenvalue weighted by atomic mass is 16.1. The molecule has 0 atom stereocenters. The van der Waals surface area contributed by atoms with Gasteiger partial charge >= 0.3 is 0 Å². The number of aromatic nitrogens is 1. The highest BCUT2D eigenvalue weighted by molar-refractivity contribution is 5.97. The molecular weight excluding hydrogens is 332 g/mol. The fourth-order valence-electron chi connectivity index (χ4n) is 3.18. The number of nitrogens with zero attached hydrogens (tertiary/aromatic N) is 1. The lowest BCUT2D eigenvalue weighted by Crippen LogP contribution is -2.22. The van der Waals surface area contributed by atoms with Gasteiger partial charge in [-0.2, -0.15) is 0 Å². The third-order valence-corrected chi connectivity index (χ3v) is 4.56. The second-order valence-electron chi connectivity index (χ2n) is 6.58. The average molecular weight is 352 g/mol. The van der Waals surface area contributed by atoms with Crippen LogP contribution in [-0.2, 0) is 13.0 Å². The van der Waals surface area contributed by atoms with E-state index in [-0.39, 0.29) is 5.91 Å². The molecule has 0 unspecified atom stereocenters. The number of rotatable bonds is 5. The third kappa shape index (κ3) is 4.21. The molecule has 4 aromatic rings. The van der Waals surface area contributed by atoms with Crippen molar-refractivity contribution in [2.75, 3.05) is 0 Å². The van der Waals surface area contributed by atoms with E-state index in [4.69, 9.17) is 0 Å². The summed E-state index contributed by atoms with van der Waals surface area (Å²) in [5.74, 6) is -0.0748. The quantitative estimate of drug-likeness (QED) is 0.563. The van der Waals surface area contributed by atoms with E-state index in [2.05, 4.69) is 46.7 Å². The fourth-order valence-corrected chi connectivity index (χ4v) is 3.18. The van der Waals surface area contributed by atoms with Gasteiger partial charge in [-0.05, 0) is 47.4 Å². The summed E-state index contributed by atoms with van der Waals surface area (Å²) in [6, 6.07) is 28.2. The zero-order chi connectivity index (χ0) is 18.5. The predicted molar refractivity (Wildman–Crippen MR) is 109 cm³/mol. The molecule has 0 aliphatic carbocycles. The van der Waals surface area contributed by atoms with Gasteiger partial charge in [0.1, 0.15) is 0 Å². The number of hydrogen-bond acceptors (Lipinski definition) is 2. The van der Waals surface area contributed by atoms with Gasteiger partial charge in [-0.15, -0.1) is 0 Å². The lowest BCUT2D eigenvalue weighted by Gasteiger charge is -2.08. The monoisotopic (exact) mass is 352 g/mol. The Bertz CT molecular complexity index is 1070. The first-order valence-corrected chi connectivity index (χ1v) is 9.03. The highest BCUT2D eigenvalue weighted by Gasteiger charge is 2.07. The van der Waals surface area contributed by atoms with Crippen LogP contribution in [0, 0.1) is 0 Å². The molecule has 0 aliphatic rings. The summed E-state index contributed by atoms with van der Waals surface area (Å²) in [5.41, 5.74) is 5.16. The van der Waals surface area contributed by atoms with Crippen molar-refractivity contribution in [1.29, 1.82) is 0 Å². The minimum absolute atomic E-state index is 0.0748. The molecule has 3 aromatic carbocycles. The zero-order valence-corrected chi connectivity index (χ0v) is 14.9. The van der Waals surface area contributed by atoms with Crippen LogP contribution in [0.5, 0.6) is 0 Å². The minimum Gasteiger partial charge on any atom is -0.348 e. The lowest BCUT2D eigenvalue weighted by molar-refractivity contribution is 0.0951. The first-order chi connectivity index (χ1) is 13.3. The molecule has 0 aliphatic heterocycles. The van der Waals surface area contributed by atoms with Crippen LogP contribution < -0.4 is 5.32 Å². The van der Waals surface area contributed by atoms with E-state index in [1.54, 1.807) is 6.20 Å². The molecule has 0 saturated carbocycles. The van der Waals surface area contributed by atoms with Gasteiger partial charge in [0.25, 0.3) is 5.91 Å². The van der Waals surface area contributed by atoms with Crippen LogP contribution >= 0.6 is 0 Å². The van der Waals surface area contributed by atoms with Crippen molar-refractivity contribution in [3.63, 3.8) is 0 Å². The van der Waals surface area contributed by atoms with E-state index in [0.717, 1.165) is 22.9 Å². The topological polar surface area (TPSA) is 42.0 Å². The molecule has 0 radical (unpaired) electrons. The maximum absolute atomic E-state index is 12.5. The largest absolute Gasteiger partial charge is 0.348 e. The van der Waals surface area contributed by atoms with E-state index >= 15 is 0 Å². The Kier molecular flexibility index (Phi) is 4.93. The van der Waals surface area contributed by atoms with E-state index in [1.807, 2.05) is 48.5 Å². The molecule has 27 heavy (non-hydrogen) atoms. The average Bonchev–Trinajstić information content (AvgIpc) is 2.73. The van der Waals surface area contributed by atoms with Crippen molar-refractivity contribution in [3.05, 3.63) is 113 Å². The van der Waals surface area contributed by atoms with Crippen molar-refractivity contribution in [3.8, 4) is 0 Å². The number of nitrogens with one attached hydrogen (secondary N) is 1. The Hall–Kier alpha value is -3.46. The summed E-state index contributed by atoms with van der Waals surface area (Å²) in [6.45, 7) is 0.506. The number of amides is 1. The summed E-state index contributed by atoms with van der Waals surface area (Å²) in [5, 5.41) is 3.98. The van der Waals surface area contributed by atoms with Gasteiger partial charge in [-0.3, -0.25) is 9.78 Å². The van der Waals surface area contributed by atoms with E-state index in [9.17, 15) is 4.79 Å². The number of pyridine rings is 1. The maximum atomic E-state index is 12.5. The summed E-state index contributed by atoms with van der Waals surface area (Å²) in [7, 11) is 0. The Morgan fingerprint density at radius 2 is 1.59 bits per heavy atom. The van der Waals surface area contributed by atoms with Gasteiger partial charge in [0, 0.05) is 23.7 Å². The normalized spacial score (nSPS) is 10.7. The molecule has 3 nitrogen and oxygen atoms in total. The Morgan fingerprint density at radius 1 is 0.778 bits per heavy atom. The lowest BCUT2D eigenvalue weighted by atomic mass is 10.0. The molecule has 1 aromatic heterocycles. The van der Waals surface area contributed by atoms with Crippen LogP contribution in [0.1, 0.15) is 27.0 Å². The van der Waals surface area contributed by atoms with Crippen LogP contribution in [0.3, 0.4) is 0 Å². The first kappa shape index (κ1) is 17.0. The fraction of sp³-hybridized carbons (Fsp3) is 0.0833. The summed E-state index contributed by atoms with van der Waals surface area (Å²) < 4.78 is 0. The van der Waals surface area contributed by atoms with E-state index < -0.39 is 0 Å². The van der Waals surface area contributed by atoms with Gasteiger partial charge in [-0.25, -0.2) is 0 Å². The maximum Gasteiger partial charge on any atom is 0.251 e. The van der Waals surface area contributed by atoms with Crippen LogP contribution in [-0.4, -0.2) is 10.9 Å². The van der Waals surface area contributed by atoms with Crippen LogP contribution in [0.15, 0.2) is 91.1 Å². The molecule has 0 bridgehead atoms. The molecule has 132 valence electrons. The standard InChI is InChI=1S/C24H20N2O/c27-24(22-11-12-23-21(16-22)10-5-13-25-23)26-17-20-9-4-8-19(15-20)14-18-6-2-1-3-7-18/h1-13,15-16H,14,17H2,(H,26,27). The summed E-state index contributed by atoms with van der Waals surface area (Å²) in [4.78, 5) is 16.8. The van der Waals surface area contributed by atoms with Crippen molar-refractivity contribution in [2.45, 2.75) is 13.0 Å². The van der Waals surface area contributed by atoms with Gasteiger partial charge in [0.2, 0.25) is 0 Å². The van der Waals surface area contributed by atoms with Crippen molar-refractivity contribution in [2.24, 2.45) is 0 Å². The zero-order valence-electron chi connectivity index (χ0n) is 14.9. The summed E-state index contributed by atoms with van der Waals surface area (Å²) in [6.07, 6.45) is 2.64. The molecule has 0 spiro atoms. The number of hydrogen-bond donors (Lipinski definition) is 1. The molecule has 1 amide bonds. The van der Waals surface area contributed by atoms with Gasteiger partial charge in [0.05, 0.1) is 5.52 Å². The van der Waals surface area contributed by atoms with Crippen LogP contribution in [0.25, 0.3) is 10.9 Å². The van der Waals surface area contributed by atoms with Gasteiger partial charge < -0.3 is 5.32 Å². The smallest absolute Gasteiger partial charge is 0.251 e. The Morgan fingerprint density at radius 3 is 2.48 bits per heavy atom. The number of benzene rings is 3. The molecular formula is C24H20N2O. The highest BCUT2D eigenvalue weighted by Crippen LogP contribution is 2.14. The molecule has 3 heteroatoms. The third-order valence-electron chi connectivity index (χ3n) is 4.56. The first-order valence-electron chi connectivity index (χ1n) is 9.03. The molecule has 1 N–H and O–H groups in total.